The molecule has 1 aromatic heterocycles. The van der Waals surface area contributed by atoms with E-state index in [0.29, 0.717) is 5.92 Å². The highest BCUT2D eigenvalue weighted by molar-refractivity contribution is 8.00. The van der Waals surface area contributed by atoms with E-state index in [9.17, 15) is 4.79 Å². The van der Waals surface area contributed by atoms with Gasteiger partial charge in [0, 0.05) is 19.0 Å². The van der Waals surface area contributed by atoms with E-state index in [1.807, 2.05) is 17.9 Å². The summed E-state index contributed by atoms with van der Waals surface area (Å²) < 4.78 is 2.22. The van der Waals surface area contributed by atoms with Crippen LogP contribution in [0.1, 0.15) is 56.3 Å². The number of benzene rings is 1. The summed E-state index contributed by atoms with van der Waals surface area (Å²) in [4.78, 5) is 14.8. The van der Waals surface area contributed by atoms with Gasteiger partial charge in [0.15, 0.2) is 5.16 Å². The van der Waals surface area contributed by atoms with Crippen LogP contribution in [0.25, 0.3) is 0 Å². The van der Waals surface area contributed by atoms with Crippen molar-refractivity contribution in [3.63, 3.8) is 0 Å². The van der Waals surface area contributed by atoms with Crippen LogP contribution in [-0.4, -0.2) is 43.9 Å². The minimum Gasteiger partial charge on any atom is -0.342 e. The summed E-state index contributed by atoms with van der Waals surface area (Å²) in [6.45, 7) is 4.56. The van der Waals surface area contributed by atoms with Crippen molar-refractivity contribution in [3.8, 4) is 0 Å². The summed E-state index contributed by atoms with van der Waals surface area (Å²) in [5.41, 5.74) is 1.24. The normalized spacial score (nSPS) is 18.7. The number of carbonyl (C=O) groups excluding carboxylic acids is 1. The first kappa shape index (κ1) is 17.6. The van der Waals surface area contributed by atoms with Crippen molar-refractivity contribution in [2.24, 2.45) is 0 Å². The molecule has 1 saturated heterocycles. The third kappa shape index (κ3) is 3.95. The van der Waals surface area contributed by atoms with Gasteiger partial charge in [-0.15, -0.1) is 10.2 Å². The Hall–Kier alpha value is -1.82. The molecule has 0 radical (unpaired) electrons. The zero-order chi connectivity index (χ0) is 17.9. The van der Waals surface area contributed by atoms with E-state index >= 15 is 0 Å². The lowest BCUT2D eigenvalue weighted by Gasteiger charge is -2.28. The summed E-state index contributed by atoms with van der Waals surface area (Å²) in [6, 6.07) is 10.4. The summed E-state index contributed by atoms with van der Waals surface area (Å²) in [7, 11) is 0. The van der Waals surface area contributed by atoms with Crippen LogP contribution in [0, 0.1) is 0 Å². The monoisotopic (exact) mass is 370 g/mol. The molecule has 1 unspecified atom stereocenters. The van der Waals surface area contributed by atoms with Gasteiger partial charge >= 0.3 is 0 Å². The van der Waals surface area contributed by atoms with Gasteiger partial charge in [0.1, 0.15) is 5.82 Å². The van der Waals surface area contributed by atoms with Crippen LogP contribution >= 0.6 is 11.8 Å². The Morgan fingerprint density at radius 2 is 1.88 bits per heavy atom. The fourth-order valence-electron chi connectivity index (χ4n) is 3.53. The fraction of sp³-hybridized carbons (Fsp3) is 0.550. The maximum absolute atomic E-state index is 12.8. The second kappa shape index (κ2) is 7.82. The lowest BCUT2D eigenvalue weighted by Crippen LogP contribution is -2.40. The topological polar surface area (TPSA) is 51.0 Å². The van der Waals surface area contributed by atoms with E-state index in [1.54, 1.807) is 11.8 Å². The molecule has 2 aromatic rings. The van der Waals surface area contributed by atoms with Gasteiger partial charge < -0.3 is 9.47 Å². The van der Waals surface area contributed by atoms with Gasteiger partial charge in [-0.25, -0.2) is 0 Å². The Kier molecular flexibility index (Phi) is 5.29. The molecule has 2 fully saturated rings. The predicted octanol–water partition coefficient (Wildman–Crippen LogP) is 3.70. The highest BCUT2D eigenvalue weighted by atomic mass is 32.2. The van der Waals surface area contributed by atoms with E-state index in [1.165, 1.54) is 24.8 Å². The maximum Gasteiger partial charge on any atom is 0.235 e. The van der Waals surface area contributed by atoms with Gasteiger partial charge in [0.2, 0.25) is 5.91 Å². The molecule has 1 aliphatic carbocycles. The number of rotatable bonds is 6. The SMILES string of the molecule is CC(Sc1nnc(C2CC2)n1Cc1ccccc1)C(=O)N1CCCCC1. The molecule has 6 heteroatoms. The van der Waals surface area contributed by atoms with Gasteiger partial charge in [-0.3, -0.25) is 4.79 Å². The van der Waals surface area contributed by atoms with E-state index < -0.39 is 0 Å². The molecule has 2 aliphatic rings. The van der Waals surface area contributed by atoms with Crippen LogP contribution in [-0.2, 0) is 11.3 Å². The first-order chi connectivity index (χ1) is 12.7. The van der Waals surface area contributed by atoms with Gasteiger partial charge in [0.25, 0.3) is 0 Å². The Morgan fingerprint density at radius 3 is 2.58 bits per heavy atom. The van der Waals surface area contributed by atoms with Gasteiger partial charge in [-0.2, -0.15) is 0 Å². The number of nitrogens with zero attached hydrogens (tertiary/aromatic N) is 4. The van der Waals surface area contributed by atoms with Gasteiger partial charge in [-0.05, 0) is 44.6 Å². The molecule has 0 bridgehead atoms. The molecule has 26 heavy (non-hydrogen) atoms. The van der Waals surface area contributed by atoms with Crippen LogP contribution in [0.2, 0.25) is 0 Å². The van der Waals surface area contributed by atoms with Crippen LogP contribution in [0.5, 0.6) is 0 Å². The highest BCUT2D eigenvalue weighted by Crippen LogP contribution is 2.40. The second-order valence-corrected chi connectivity index (χ2v) is 8.64. The summed E-state index contributed by atoms with van der Waals surface area (Å²) in [5.74, 6) is 1.85. The molecule has 5 nitrogen and oxygen atoms in total. The van der Waals surface area contributed by atoms with Crippen molar-refractivity contribution in [2.75, 3.05) is 13.1 Å². The smallest absolute Gasteiger partial charge is 0.235 e. The molecule has 1 amide bonds. The van der Waals surface area contributed by atoms with Crippen molar-refractivity contribution < 1.29 is 4.79 Å². The molecule has 0 N–H and O–H groups in total. The van der Waals surface area contributed by atoms with Crippen LogP contribution in [0.15, 0.2) is 35.5 Å². The number of hydrogen-bond donors (Lipinski definition) is 0. The minimum atomic E-state index is -0.126. The van der Waals surface area contributed by atoms with E-state index in [4.69, 9.17) is 0 Å². The quantitative estimate of drug-likeness (QED) is 0.728. The molecular formula is C20H26N4OS. The van der Waals surface area contributed by atoms with Crippen molar-refractivity contribution in [1.29, 1.82) is 0 Å². The first-order valence-electron chi connectivity index (χ1n) is 9.65. The Bertz CT molecular complexity index is 750. The summed E-state index contributed by atoms with van der Waals surface area (Å²) in [5, 5.41) is 9.66. The van der Waals surface area contributed by atoms with Crippen LogP contribution < -0.4 is 0 Å². The third-order valence-electron chi connectivity index (χ3n) is 5.17. The van der Waals surface area contributed by atoms with Gasteiger partial charge in [-0.1, -0.05) is 42.1 Å². The summed E-state index contributed by atoms with van der Waals surface area (Å²) >= 11 is 1.56. The van der Waals surface area contributed by atoms with E-state index in [2.05, 4.69) is 39.0 Å². The molecule has 1 aromatic carbocycles. The third-order valence-corrected chi connectivity index (χ3v) is 6.24. The van der Waals surface area contributed by atoms with E-state index in [-0.39, 0.29) is 11.2 Å². The second-order valence-electron chi connectivity index (χ2n) is 7.33. The largest absolute Gasteiger partial charge is 0.342 e. The molecule has 4 rings (SSSR count). The Labute approximate surface area is 159 Å². The van der Waals surface area contributed by atoms with Crippen molar-refractivity contribution in [2.45, 2.75) is 61.9 Å². The van der Waals surface area contributed by atoms with Crippen molar-refractivity contribution >= 4 is 17.7 Å². The number of carbonyl (C=O) groups is 1. The zero-order valence-corrected chi connectivity index (χ0v) is 16.1. The number of thioether (sulfide) groups is 1. The Balaban J connectivity index is 1.51. The molecule has 1 saturated carbocycles. The minimum absolute atomic E-state index is 0.126. The predicted molar refractivity (Wildman–Crippen MR) is 103 cm³/mol. The molecule has 138 valence electrons. The number of amides is 1. The number of hydrogen-bond acceptors (Lipinski definition) is 4. The van der Waals surface area contributed by atoms with E-state index in [0.717, 1.165) is 43.5 Å². The molecule has 2 heterocycles. The average molecular weight is 371 g/mol. The Morgan fingerprint density at radius 1 is 1.15 bits per heavy atom. The zero-order valence-electron chi connectivity index (χ0n) is 15.3. The lowest BCUT2D eigenvalue weighted by atomic mass is 10.1. The average Bonchev–Trinajstić information content (AvgIpc) is 3.46. The number of piperidine rings is 1. The molecule has 1 aliphatic heterocycles. The van der Waals surface area contributed by atoms with Crippen LogP contribution in [0.4, 0.5) is 0 Å². The highest BCUT2D eigenvalue weighted by Gasteiger charge is 2.32. The number of aromatic nitrogens is 3. The summed E-state index contributed by atoms with van der Waals surface area (Å²) in [6.07, 6.45) is 5.87. The van der Waals surface area contributed by atoms with Crippen molar-refractivity contribution in [1.82, 2.24) is 19.7 Å². The number of likely N-dealkylation sites (tertiary alicyclic amines) is 1. The fourth-order valence-corrected chi connectivity index (χ4v) is 4.46. The standard InChI is InChI=1S/C20H26N4OS/c1-15(19(25)23-12-6-3-7-13-23)26-20-22-21-18(17-10-11-17)24(20)14-16-8-4-2-5-9-16/h2,4-5,8-9,15,17H,3,6-7,10-14H2,1H3. The van der Waals surface area contributed by atoms with Crippen molar-refractivity contribution in [3.05, 3.63) is 41.7 Å². The lowest BCUT2D eigenvalue weighted by molar-refractivity contribution is -0.131. The first-order valence-corrected chi connectivity index (χ1v) is 10.5. The molecule has 0 spiro atoms. The maximum atomic E-state index is 12.8. The van der Waals surface area contributed by atoms with Crippen LogP contribution in [0.3, 0.4) is 0 Å². The molecular weight excluding hydrogens is 344 g/mol. The van der Waals surface area contributed by atoms with Gasteiger partial charge in [0.05, 0.1) is 11.8 Å². The molecule has 1 atom stereocenters.